The molecular weight excluding hydrogens is 345 g/mol. The normalized spacial score (nSPS) is 13.0. The molecule has 2 heterocycles. The van der Waals surface area contributed by atoms with Crippen LogP contribution in [-0.2, 0) is 19.7 Å². The number of fused-ring (bicyclic) bond motifs is 2. The van der Waals surface area contributed by atoms with E-state index in [9.17, 15) is 18.3 Å². The number of hydrogen-bond donors (Lipinski definition) is 1. The SMILES string of the molecule is Cn1c(C(O)(c2nc3ccccc3n2C)C(F)(F)F)nc2ccccc21. The summed E-state index contributed by atoms with van der Waals surface area (Å²) in [5.41, 5.74) is -1.64. The maximum atomic E-state index is 14.1. The average Bonchev–Trinajstić information content (AvgIpc) is 3.12. The van der Waals surface area contributed by atoms with E-state index in [0.717, 1.165) is 0 Å². The molecule has 0 saturated heterocycles. The van der Waals surface area contributed by atoms with Gasteiger partial charge in [-0.2, -0.15) is 13.2 Å². The van der Waals surface area contributed by atoms with Crippen molar-refractivity contribution in [1.82, 2.24) is 19.1 Å². The molecule has 26 heavy (non-hydrogen) atoms. The molecule has 0 amide bonds. The van der Waals surface area contributed by atoms with Crippen LogP contribution in [0.5, 0.6) is 0 Å². The zero-order valence-corrected chi connectivity index (χ0v) is 14.0. The van der Waals surface area contributed by atoms with Gasteiger partial charge in [-0.05, 0) is 24.3 Å². The van der Waals surface area contributed by atoms with Gasteiger partial charge in [0, 0.05) is 14.1 Å². The smallest absolute Gasteiger partial charge is 0.368 e. The Labute approximate surface area is 146 Å². The molecule has 5 nitrogen and oxygen atoms in total. The fourth-order valence-electron chi connectivity index (χ4n) is 3.29. The number of para-hydroxylation sites is 4. The third-order valence-corrected chi connectivity index (χ3v) is 4.63. The molecule has 0 atom stereocenters. The molecule has 8 heteroatoms. The first-order valence-corrected chi connectivity index (χ1v) is 7.88. The lowest BCUT2D eigenvalue weighted by atomic mass is 10.0. The van der Waals surface area contributed by atoms with E-state index in [4.69, 9.17) is 0 Å². The second kappa shape index (κ2) is 5.31. The first-order chi connectivity index (χ1) is 12.2. The lowest BCUT2D eigenvalue weighted by Crippen LogP contribution is -2.47. The molecule has 4 aromatic rings. The quantitative estimate of drug-likeness (QED) is 0.597. The van der Waals surface area contributed by atoms with Crippen molar-refractivity contribution in [3.8, 4) is 0 Å². The molecule has 0 unspecified atom stereocenters. The Morgan fingerprint density at radius 1 is 0.769 bits per heavy atom. The first kappa shape index (κ1) is 16.6. The standard InChI is InChI=1S/C18H15F3N4O/c1-24-13-9-5-3-7-11(13)22-15(24)17(26,18(19,20)21)16-23-12-8-4-6-10-14(12)25(16)2/h3-10,26H,1-2H3. The summed E-state index contributed by atoms with van der Waals surface area (Å²) in [4.78, 5) is 8.16. The number of aromatic nitrogens is 4. The molecule has 2 aromatic heterocycles. The maximum absolute atomic E-state index is 14.1. The van der Waals surface area contributed by atoms with Gasteiger partial charge in [0.15, 0.2) is 11.6 Å². The van der Waals surface area contributed by atoms with E-state index in [1.807, 2.05) is 0 Å². The van der Waals surface area contributed by atoms with Gasteiger partial charge in [-0.1, -0.05) is 24.3 Å². The van der Waals surface area contributed by atoms with Gasteiger partial charge in [-0.15, -0.1) is 0 Å². The van der Waals surface area contributed by atoms with Crippen LogP contribution in [0.25, 0.3) is 22.1 Å². The molecule has 0 fully saturated rings. The van der Waals surface area contributed by atoms with Crippen molar-refractivity contribution in [1.29, 1.82) is 0 Å². The van der Waals surface area contributed by atoms with Crippen molar-refractivity contribution in [2.24, 2.45) is 14.1 Å². The van der Waals surface area contributed by atoms with E-state index < -0.39 is 23.4 Å². The van der Waals surface area contributed by atoms with Gasteiger partial charge in [0.05, 0.1) is 22.1 Å². The highest BCUT2D eigenvalue weighted by atomic mass is 19.4. The summed E-state index contributed by atoms with van der Waals surface area (Å²) in [5, 5.41) is 11.0. The first-order valence-electron chi connectivity index (χ1n) is 7.88. The predicted molar refractivity (Wildman–Crippen MR) is 90.5 cm³/mol. The number of aliphatic hydroxyl groups is 1. The molecule has 2 aromatic carbocycles. The van der Waals surface area contributed by atoms with E-state index in [-0.39, 0.29) is 0 Å². The largest absolute Gasteiger partial charge is 0.432 e. The molecule has 0 saturated carbocycles. The van der Waals surface area contributed by atoms with Crippen LogP contribution in [0.1, 0.15) is 11.6 Å². The predicted octanol–water partition coefficient (Wildman–Crippen LogP) is 3.26. The summed E-state index contributed by atoms with van der Waals surface area (Å²) < 4.78 is 44.9. The van der Waals surface area contributed by atoms with E-state index in [0.29, 0.717) is 22.1 Å². The van der Waals surface area contributed by atoms with Gasteiger partial charge >= 0.3 is 6.18 Å². The monoisotopic (exact) mass is 360 g/mol. The van der Waals surface area contributed by atoms with Gasteiger partial charge in [-0.3, -0.25) is 0 Å². The van der Waals surface area contributed by atoms with Gasteiger partial charge < -0.3 is 14.2 Å². The van der Waals surface area contributed by atoms with Crippen LogP contribution in [0.15, 0.2) is 48.5 Å². The van der Waals surface area contributed by atoms with Crippen molar-refractivity contribution < 1.29 is 18.3 Å². The topological polar surface area (TPSA) is 55.9 Å². The maximum Gasteiger partial charge on any atom is 0.432 e. The van der Waals surface area contributed by atoms with E-state index >= 15 is 0 Å². The highest BCUT2D eigenvalue weighted by Crippen LogP contribution is 2.44. The minimum absolute atomic E-state index is 0.367. The average molecular weight is 360 g/mol. The Balaban J connectivity index is 2.08. The summed E-state index contributed by atoms with van der Waals surface area (Å²) in [6.45, 7) is 0. The second-order valence-corrected chi connectivity index (χ2v) is 6.17. The summed E-state index contributed by atoms with van der Waals surface area (Å²) in [6, 6.07) is 13.3. The van der Waals surface area contributed by atoms with E-state index in [1.165, 1.54) is 23.2 Å². The number of hydrogen-bond acceptors (Lipinski definition) is 3. The number of nitrogens with zero attached hydrogens (tertiary/aromatic N) is 4. The third-order valence-electron chi connectivity index (χ3n) is 4.63. The van der Waals surface area contributed by atoms with Crippen LogP contribution >= 0.6 is 0 Å². The zero-order valence-electron chi connectivity index (χ0n) is 14.0. The van der Waals surface area contributed by atoms with Crippen molar-refractivity contribution in [3.05, 3.63) is 60.2 Å². The molecule has 0 radical (unpaired) electrons. The zero-order chi connectivity index (χ0) is 18.7. The fraction of sp³-hybridized carbons (Fsp3) is 0.222. The molecule has 134 valence electrons. The van der Waals surface area contributed by atoms with Gasteiger partial charge in [-0.25, -0.2) is 9.97 Å². The molecule has 1 N–H and O–H groups in total. The number of halogens is 3. The van der Waals surface area contributed by atoms with Crippen LogP contribution in [0.4, 0.5) is 13.2 Å². The third kappa shape index (κ3) is 2.08. The molecule has 0 aliphatic rings. The molecule has 0 aliphatic carbocycles. The fourth-order valence-corrected chi connectivity index (χ4v) is 3.29. The Morgan fingerprint density at radius 2 is 1.15 bits per heavy atom. The van der Waals surface area contributed by atoms with E-state index in [2.05, 4.69) is 9.97 Å². The number of rotatable bonds is 2. The van der Waals surface area contributed by atoms with Gasteiger partial charge in [0.25, 0.3) is 5.60 Å². The summed E-state index contributed by atoms with van der Waals surface area (Å²) in [5.74, 6) is -1.05. The van der Waals surface area contributed by atoms with E-state index in [1.54, 1.807) is 48.5 Å². The lowest BCUT2D eigenvalue weighted by molar-refractivity contribution is -0.255. The van der Waals surface area contributed by atoms with Crippen LogP contribution in [0.2, 0.25) is 0 Å². The minimum Gasteiger partial charge on any atom is -0.368 e. The Kier molecular flexibility index (Phi) is 3.39. The molecule has 0 bridgehead atoms. The molecule has 4 rings (SSSR count). The molecule has 0 spiro atoms. The lowest BCUT2D eigenvalue weighted by Gasteiger charge is -2.29. The van der Waals surface area contributed by atoms with Crippen molar-refractivity contribution in [2.45, 2.75) is 11.8 Å². The molecule has 0 aliphatic heterocycles. The summed E-state index contributed by atoms with van der Waals surface area (Å²) >= 11 is 0. The highest BCUT2D eigenvalue weighted by molar-refractivity contribution is 5.78. The number of alkyl halides is 3. The summed E-state index contributed by atoms with van der Waals surface area (Å²) in [6.07, 6.45) is -5.02. The van der Waals surface area contributed by atoms with Crippen LogP contribution < -0.4 is 0 Å². The Hall–Kier alpha value is -2.87. The molecular formula is C18H15F3N4O. The number of aryl methyl sites for hydroxylation is 2. The van der Waals surface area contributed by atoms with Crippen molar-refractivity contribution >= 4 is 22.1 Å². The number of benzene rings is 2. The number of imidazole rings is 2. The second-order valence-electron chi connectivity index (χ2n) is 6.17. The van der Waals surface area contributed by atoms with Gasteiger partial charge in [0.2, 0.25) is 0 Å². The van der Waals surface area contributed by atoms with Gasteiger partial charge in [0.1, 0.15) is 0 Å². The van der Waals surface area contributed by atoms with Crippen LogP contribution in [0, 0.1) is 0 Å². The Bertz CT molecular complexity index is 1050. The summed E-state index contributed by atoms with van der Waals surface area (Å²) in [7, 11) is 2.90. The van der Waals surface area contributed by atoms with Crippen molar-refractivity contribution in [2.75, 3.05) is 0 Å². The Morgan fingerprint density at radius 3 is 1.50 bits per heavy atom. The van der Waals surface area contributed by atoms with Crippen LogP contribution in [0.3, 0.4) is 0 Å². The van der Waals surface area contributed by atoms with Crippen molar-refractivity contribution in [3.63, 3.8) is 0 Å². The highest BCUT2D eigenvalue weighted by Gasteiger charge is 2.62. The van der Waals surface area contributed by atoms with Crippen LogP contribution in [-0.4, -0.2) is 30.4 Å². The minimum atomic E-state index is -5.02.